The molecule has 2 atom stereocenters. The van der Waals surface area contributed by atoms with Crippen molar-refractivity contribution in [3.8, 4) is 17.2 Å². The van der Waals surface area contributed by atoms with Gasteiger partial charge in [0.15, 0.2) is 11.5 Å². The van der Waals surface area contributed by atoms with E-state index in [4.69, 9.17) is 19.2 Å². The van der Waals surface area contributed by atoms with Crippen LogP contribution in [0.5, 0.6) is 17.2 Å². The van der Waals surface area contributed by atoms with Crippen molar-refractivity contribution in [2.24, 2.45) is 0 Å². The maximum Gasteiger partial charge on any atom is 0.320 e. The third-order valence-corrected chi connectivity index (χ3v) is 6.06. The first-order chi connectivity index (χ1) is 15.6. The Morgan fingerprint density at radius 1 is 1.03 bits per heavy atom. The molecule has 4 rings (SSSR count). The van der Waals surface area contributed by atoms with E-state index >= 15 is 0 Å². The van der Waals surface area contributed by atoms with Crippen LogP contribution in [0.25, 0.3) is 10.9 Å². The molecule has 0 amide bonds. The summed E-state index contributed by atoms with van der Waals surface area (Å²) in [5.74, 6) is 0.730. The van der Waals surface area contributed by atoms with Gasteiger partial charge >= 0.3 is 5.97 Å². The Balaban J connectivity index is 1.92. The third-order valence-electron chi connectivity index (χ3n) is 6.06. The predicted octanol–water partition coefficient (Wildman–Crippen LogP) is 4.29. The van der Waals surface area contributed by atoms with Crippen LogP contribution in [-0.2, 0) is 4.79 Å². The molecule has 1 N–H and O–H groups in total. The molecule has 0 spiro atoms. The predicted molar refractivity (Wildman–Crippen MR) is 122 cm³/mol. The average molecular weight is 437 g/mol. The molecule has 1 fully saturated rings. The number of rotatable bonds is 7. The smallest absolute Gasteiger partial charge is 0.320 e. The maximum absolute atomic E-state index is 12.2. The number of aliphatic carboxylic acids is 1. The Kier molecular flexibility index (Phi) is 6.46. The van der Waals surface area contributed by atoms with Gasteiger partial charge in [0.25, 0.3) is 0 Å². The number of benzene rings is 2. The van der Waals surface area contributed by atoms with Crippen LogP contribution in [0.2, 0.25) is 0 Å². The molecular formula is C25H28N2O5. The monoisotopic (exact) mass is 436 g/mol. The highest BCUT2D eigenvalue weighted by atomic mass is 16.5. The van der Waals surface area contributed by atoms with Crippen LogP contribution < -0.4 is 14.2 Å². The highest BCUT2D eigenvalue weighted by molar-refractivity contribution is 5.78. The number of hydrogen-bond donors (Lipinski definition) is 1. The number of likely N-dealkylation sites (tertiary alicyclic amines) is 1. The zero-order valence-electron chi connectivity index (χ0n) is 18.6. The summed E-state index contributed by atoms with van der Waals surface area (Å²) in [6.45, 7) is 0.660. The lowest BCUT2D eigenvalue weighted by atomic mass is 9.93. The van der Waals surface area contributed by atoms with Crippen molar-refractivity contribution < 1.29 is 24.1 Å². The van der Waals surface area contributed by atoms with Crippen LogP contribution in [0.15, 0.2) is 48.5 Å². The van der Waals surface area contributed by atoms with E-state index in [0.29, 0.717) is 30.2 Å². The van der Waals surface area contributed by atoms with Crippen molar-refractivity contribution in [1.82, 2.24) is 9.88 Å². The Morgan fingerprint density at radius 3 is 2.41 bits per heavy atom. The van der Waals surface area contributed by atoms with Crippen LogP contribution in [0.1, 0.15) is 36.6 Å². The first-order valence-electron chi connectivity index (χ1n) is 10.7. The number of fused-ring (bicyclic) bond motifs is 1. The van der Waals surface area contributed by atoms with E-state index < -0.39 is 12.0 Å². The van der Waals surface area contributed by atoms with Gasteiger partial charge in [-0.15, -0.1) is 0 Å². The number of hydrogen-bond acceptors (Lipinski definition) is 6. The SMILES string of the molecule is COc1cc(C(c2ccc3ccccc3n2)N2CCCCC2C(=O)O)cc(OC)c1OC. The fourth-order valence-electron chi connectivity index (χ4n) is 4.55. The minimum absolute atomic E-state index is 0.380. The largest absolute Gasteiger partial charge is 0.493 e. The zero-order valence-corrected chi connectivity index (χ0v) is 18.6. The Hall–Kier alpha value is -3.32. The molecule has 0 saturated carbocycles. The van der Waals surface area contributed by atoms with Crippen LogP contribution >= 0.6 is 0 Å². The number of piperidine rings is 1. The van der Waals surface area contributed by atoms with Gasteiger partial charge in [0.05, 0.1) is 38.6 Å². The maximum atomic E-state index is 12.2. The van der Waals surface area contributed by atoms with E-state index in [-0.39, 0.29) is 6.04 Å². The van der Waals surface area contributed by atoms with Gasteiger partial charge in [-0.05, 0) is 49.2 Å². The fourth-order valence-corrected chi connectivity index (χ4v) is 4.55. The Labute approximate surface area is 187 Å². The number of pyridine rings is 1. The molecule has 2 heterocycles. The molecule has 7 nitrogen and oxygen atoms in total. The van der Waals surface area contributed by atoms with E-state index in [2.05, 4.69) is 0 Å². The lowest BCUT2D eigenvalue weighted by molar-refractivity contribution is -0.145. The van der Waals surface area contributed by atoms with Gasteiger partial charge in [0.1, 0.15) is 6.04 Å². The molecule has 1 aromatic heterocycles. The van der Waals surface area contributed by atoms with Gasteiger partial charge in [-0.25, -0.2) is 0 Å². The van der Waals surface area contributed by atoms with Crippen LogP contribution in [-0.4, -0.2) is 54.9 Å². The number of para-hydroxylation sites is 1. The molecule has 2 unspecified atom stereocenters. The minimum atomic E-state index is -0.817. The van der Waals surface area contributed by atoms with Crippen molar-refractivity contribution in [2.45, 2.75) is 31.3 Å². The molecule has 32 heavy (non-hydrogen) atoms. The van der Waals surface area contributed by atoms with Crippen molar-refractivity contribution in [3.05, 3.63) is 59.8 Å². The molecule has 0 bridgehead atoms. The van der Waals surface area contributed by atoms with Crippen molar-refractivity contribution >= 4 is 16.9 Å². The van der Waals surface area contributed by atoms with E-state index in [9.17, 15) is 9.90 Å². The zero-order chi connectivity index (χ0) is 22.7. The second-order valence-electron chi connectivity index (χ2n) is 7.88. The van der Waals surface area contributed by atoms with Gasteiger partial charge in [0.2, 0.25) is 5.75 Å². The first kappa shape index (κ1) is 21.9. The molecule has 1 aliphatic heterocycles. The van der Waals surface area contributed by atoms with Gasteiger partial charge < -0.3 is 19.3 Å². The molecule has 168 valence electrons. The molecule has 2 aromatic carbocycles. The Bertz CT molecular complexity index is 1090. The van der Waals surface area contributed by atoms with Gasteiger partial charge in [0, 0.05) is 5.39 Å². The van der Waals surface area contributed by atoms with Crippen molar-refractivity contribution in [1.29, 1.82) is 0 Å². The summed E-state index contributed by atoms with van der Waals surface area (Å²) in [4.78, 5) is 19.1. The molecule has 0 radical (unpaired) electrons. The molecule has 3 aromatic rings. The summed E-state index contributed by atoms with van der Waals surface area (Å²) in [6.07, 6.45) is 2.42. The standard InChI is InChI=1S/C25H28N2O5/c1-30-21-14-17(15-22(31-2)24(21)32-3)23(27-13-7-6-10-20(27)25(28)29)19-12-11-16-8-4-5-9-18(16)26-19/h4-5,8-9,11-12,14-15,20,23H,6-7,10,13H2,1-3H3,(H,28,29). The summed E-state index contributed by atoms with van der Waals surface area (Å²) in [5, 5.41) is 11.0. The topological polar surface area (TPSA) is 81.1 Å². The summed E-state index contributed by atoms with van der Waals surface area (Å²) in [5.41, 5.74) is 2.49. The number of aromatic nitrogens is 1. The number of ether oxygens (including phenoxy) is 3. The normalized spacial score (nSPS) is 17.7. The van der Waals surface area contributed by atoms with E-state index in [1.165, 1.54) is 0 Å². The van der Waals surface area contributed by atoms with Crippen LogP contribution in [0.3, 0.4) is 0 Å². The quantitative estimate of drug-likeness (QED) is 0.592. The highest BCUT2D eigenvalue weighted by Crippen LogP contribution is 2.43. The second-order valence-corrected chi connectivity index (χ2v) is 7.88. The van der Waals surface area contributed by atoms with E-state index in [1.54, 1.807) is 21.3 Å². The highest BCUT2D eigenvalue weighted by Gasteiger charge is 2.36. The fraction of sp³-hybridized carbons (Fsp3) is 0.360. The summed E-state index contributed by atoms with van der Waals surface area (Å²) < 4.78 is 16.6. The summed E-state index contributed by atoms with van der Waals surface area (Å²) in [7, 11) is 4.71. The number of carbonyl (C=O) groups is 1. The molecular weight excluding hydrogens is 408 g/mol. The summed E-state index contributed by atoms with van der Waals surface area (Å²) >= 11 is 0. The average Bonchev–Trinajstić information content (AvgIpc) is 2.83. The second kappa shape index (κ2) is 9.44. The van der Waals surface area contributed by atoms with Crippen molar-refractivity contribution in [3.63, 3.8) is 0 Å². The van der Waals surface area contributed by atoms with Crippen LogP contribution in [0.4, 0.5) is 0 Å². The number of methoxy groups -OCH3 is 3. The molecule has 7 heteroatoms. The van der Waals surface area contributed by atoms with Gasteiger partial charge in [-0.2, -0.15) is 0 Å². The number of carboxylic acids is 1. The van der Waals surface area contributed by atoms with E-state index in [1.807, 2.05) is 53.4 Å². The van der Waals surface area contributed by atoms with Crippen molar-refractivity contribution in [2.75, 3.05) is 27.9 Å². The van der Waals surface area contributed by atoms with E-state index in [0.717, 1.165) is 35.0 Å². The number of nitrogens with zero attached hydrogens (tertiary/aromatic N) is 2. The number of carboxylic acid groups (broad SMARTS) is 1. The van der Waals surface area contributed by atoms with Gasteiger partial charge in [-0.1, -0.05) is 30.7 Å². The third kappa shape index (κ3) is 4.08. The van der Waals surface area contributed by atoms with Crippen LogP contribution in [0, 0.1) is 0 Å². The van der Waals surface area contributed by atoms with Gasteiger partial charge in [-0.3, -0.25) is 14.7 Å². The minimum Gasteiger partial charge on any atom is -0.493 e. The lowest BCUT2D eigenvalue weighted by Crippen LogP contribution is -2.47. The lowest BCUT2D eigenvalue weighted by Gasteiger charge is -2.39. The summed E-state index contributed by atoms with van der Waals surface area (Å²) in [6, 6.07) is 14.7. The molecule has 1 saturated heterocycles. The molecule has 1 aliphatic rings. The first-order valence-corrected chi connectivity index (χ1v) is 10.7. The molecule has 0 aliphatic carbocycles. The Morgan fingerprint density at radius 2 is 1.75 bits per heavy atom.